The van der Waals surface area contributed by atoms with Gasteiger partial charge in [-0.15, -0.1) is 0 Å². The first kappa shape index (κ1) is 23.2. The summed E-state index contributed by atoms with van der Waals surface area (Å²) in [5, 5.41) is 12.2. The van der Waals surface area contributed by atoms with Crippen LogP contribution < -0.4 is 10.8 Å². The SMILES string of the molecule is O=C(NC1(C(=O)NO)CCN(Cc2ccccc2)CC1)c1ccc(C#Cc2ccccc2)cc1. The molecule has 0 atom stereocenters. The van der Waals surface area contributed by atoms with Gasteiger partial charge >= 0.3 is 0 Å². The minimum absolute atomic E-state index is 0.359. The topological polar surface area (TPSA) is 81.7 Å². The third-order valence-electron chi connectivity index (χ3n) is 6.12. The molecule has 3 aromatic rings. The number of amides is 2. The summed E-state index contributed by atoms with van der Waals surface area (Å²) in [6.07, 6.45) is 0.803. The Bertz CT molecular complexity index is 1170. The number of hydroxylamine groups is 1. The third kappa shape index (κ3) is 5.70. The van der Waals surface area contributed by atoms with Gasteiger partial charge in [-0.25, -0.2) is 5.48 Å². The molecule has 0 aromatic heterocycles. The molecular formula is C28H27N3O3. The van der Waals surface area contributed by atoms with Crippen LogP contribution in [-0.2, 0) is 11.3 Å². The number of likely N-dealkylation sites (tertiary alicyclic amines) is 1. The lowest BCUT2D eigenvalue weighted by Gasteiger charge is -2.40. The molecule has 1 heterocycles. The number of hydrogen-bond donors (Lipinski definition) is 3. The monoisotopic (exact) mass is 453 g/mol. The first-order chi connectivity index (χ1) is 16.6. The number of nitrogens with one attached hydrogen (secondary N) is 2. The van der Waals surface area contributed by atoms with Crippen LogP contribution in [0.4, 0.5) is 0 Å². The molecule has 0 radical (unpaired) electrons. The molecular weight excluding hydrogens is 426 g/mol. The minimum Gasteiger partial charge on any atom is -0.337 e. The van der Waals surface area contributed by atoms with Gasteiger partial charge in [-0.2, -0.15) is 0 Å². The summed E-state index contributed by atoms with van der Waals surface area (Å²) in [7, 11) is 0. The van der Waals surface area contributed by atoms with Crippen LogP contribution in [0.25, 0.3) is 0 Å². The van der Waals surface area contributed by atoms with Crippen molar-refractivity contribution in [1.29, 1.82) is 0 Å². The second-order valence-corrected chi connectivity index (χ2v) is 8.43. The average Bonchev–Trinajstić information content (AvgIpc) is 2.89. The lowest BCUT2D eigenvalue weighted by molar-refractivity contribution is -0.138. The van der Waals surface area contributed by atoms with Gasteiger partial charge in [0.15, 0.2) is 0 Å². The fourth-order valence-electron chi connectivity index (χ4n) is 4.11. The summed E-state index contributed by atoms with van der Waals surface area (Å²) in [4.78, 5) is 27.8. The normalized spacial score (nSPS) is 15.0. The predicted molar refractivity (Wildman–Crippen MR) is 130 cm³/mol. The van der Waals surface area contributed by atoms with Crippen LogP contribution >= 0.6 is 0 Å². The highest BCUT2D eigenvalue weighted by molar-refractivity contribution is 5.99. The molecule has 3 aromatic carbocycles. The number of carbonyl (C=O) groups excluding carboxylic acids is 2. The molecule has 172 valence electrons. The van der Waals surface area contributed by atoms with Gasteiger partial charge in [0, 0.05) is 36.3 Å². The summed E-state index contributed by atoms with van der Waals surface area (Å²) in [5.41, 5.74) is 3.92. The van der Waals surface area contributed by atoms with Gasteiger partial charge in [-0.1, -0.05) is 60.4 Å². The van der Waals surface area contributed by atoms with E-state index in [-0.39, 0.29) is 5.91 Å². The van der Waals surface area contributed by atoms with Crippen molar-refractivity contribution in [2.45, 2.75) is 24.9 Å². The summed E-state index contributed by atoms with van der Waals surface area (Å²) in [6, 6.07) is 26.8. The summed E-state index contributed by atoms with van der Waals surface area (Å²) >= 11 is 0. The van der Waals surface area contributed by atoms with Crippen molar-refractivity contribution in [3.05, 3.63) is 107 Å². The Labute approximate surface area is 199 Å². The van der Waals surface area contributed by atoms with E-state index < -0.39 is 11.4 Å². The first-order valence-electron chi connectivity index (χ1n) is 11.3. The number of benzene rings is 3. The maximum Gasteiger partial charge on any atom is 0.269 e. The maximum absolute atomic E-state index is 13.0. The average molecular weight is 454 g/mol. The van der Waals surface area contributed by atoms with Crippen LogP contribution in [0.3, 0.4) is 0 Å². The largest absolute Gasteiger partial charge is 0.337 e. The minimum atomic E-state index is -1.16. The van der Waals surface area contributed by atoms with Gasteiger partial charge in [-0.3, -0.25) is 19.7 Å². The number of nitrogens with zero attached hydrogens (tertiary/aromatic N) is 1. The van der Waals surface area contributed by atoms with Crippen LogP contribution in [0.5, 0.6) is 0 Å². The molecule has 1 aliphatic rings. The van der Waals surface area contributed by atoms with E-state index in [2.05, 4.69) is 34.2 Å². The zero-order valence-corrected chi connectivity index (χ0v) is 18.8. The molecule has 6 nitrogen and oxygen atoms in total. The molecule has 0 spiro atoms. The quantitative estimate of drug-likeness (QED) is 0.314. The predicted octanol–water partition coefficient (Wildman–Crippen LogP) is 3.36. The Morgan fingerprint density at radius 1 is 0.824 bits per heavy atom. The second-order valence-electron chi connectivity index (χ2n) is 8.43. The van der Waals surface area contributed by atoms with E-state index in [1.807, 2.05) is 48.5 Å². The molecule has 34 heavy (non-hydrogen) atoms. The van der Waals surface area contributed by atoms with Crippen molar-refractivity contribution in [3.63, 3.8) is 0 Å². The maximum atomic E-state index is 13.0. The van der Waals surface area contributed by atoms with Gasteiger partial charge in [0.25, 0.3) is 11.8 Å². The molecule has 3 N–H and O–H groups in total. The number of carbonyl (C=O) groups is 2. The lowest BCUT2D eigenvalue weighted by Crippen LogP contribution is -2.62. The van der Waals surface area contributed by atoms with Gasteiger partial charge < -0.3 is 5.32 Å². The van der Waals surface area contributed by atoms with Crippen molar-refractivity contribution < 1.29 is 14.8 Å². The molecule has 0 unspecified atom stereocenters. The van der Waals surface area contributed by atoms with E-state index in [0.717, 1.165) is 17.7 Å². The van der Waals surface area contributed by atoms with Gasteiger partial charge in [0.1, 0.15) is 5.54 Å². The number of rotatable bonds is 5. The molecule has 1 aliphatic heterocycles. The van der Waals surface area contributed by atoms with Gasteiger partial charge in [0.05, 0.1) is 0 Å². The highest BCUT2D eigenvalue weighted by Crippen LogP contribution is 2.25. The van der Waals surface area contributed by atoms with Gasteiger partial charge in [0.2, 0.25) is 0 Å². The molecule has 1 saturated heterocycles. The Hall–Kier alpha value is -3.92. The molecule has 0 saturated carbocycles. The molecule has 0 bridgehead atoms. The number of hydrogen-bond acceptors (Lipinski definition) is 4. The van der Waals surface area contributed by atoms with Gasteiger partial charge in [-0.05, 0) is 54.8 Å². The van der Waals surface area contributed by atoms with Crippen molar-refractivity contribution >= 4 is 11.8 Å². The number of piperidine rings is 1. The Morgan fingerprint density at radius 2 is 1.38 bits per heavy atom. The van der Waals surface area contributed by atoms with E-state index in [1.165, 1.54) is 5.56 Å². The van der Waals surface area contributed by atoms with Crippen molar-refractivity contribution in [2.75, 3.05) is 13.1 Å². The fraction of sp³-hybridized carbons (Fsp3) is 0.214. The van der Waals surface area contributed by atoms with Crippen LogP contribution in [0.15, 0.2) is 84.9 Å². The van der Waals surface area contributed by atoms with E-state index in [9.17, 15) is 14.8 Å². The van der Waals surface area contributed by atoms with E-state index in [1.54, 1.807) is 29.7 Å². The van der Waals surface area contributed by atoms with Crippen LogP contribution in [0, 0.1) is 11.8 Å². The molecule has 1 fully saturated rings. The van der Waals surface area contributed by atoms with E-state index in [0.29, 0.717) is 31.5 Å². The highest BCUT2D eigenvalue weighted by Gasteiger charge is 2.42. The summed E-state index contributed by atoms with van der Waals surface area (Å²) < 4.78 is 0. The second kappa shape index (κ2) is 10.8. The first-order valence-corrected chi connectivity index (χ1v) is 11.3. The smallest absolute Gasteiger partial charge is 0.269 e. The van der Waals surface area contributed by atoms with Crippen molar-refractivity contribution in [2.24, 2.45) is 0 Å². The van der Waals surface area contributed by atoms with Crippen LogP contribution in [0.2, 0.25) is 0 Å². The zero-order valence-electron chi connectivity index (χ0n) is 18.8. The van der Waals surface area contributed by atoms with E-state index in [4.69, 9.17) is 0 Å². The Balaban J connectivity index is 1.41. The Morgan fingerprint density at radius 3 is 1.97 bits per heavy atom. The Kier molecular flexibility index (Phi) is 7.38. The summed E-state index contributed by atoms with van der Waals surface area (Å²) in [5.74, 6) is 5.22. The zero-order chi connectivity index (χ0) is 23.8. The standard InChI is InChI=1S/C28H27N3O3/c32-26(25-15-13-23(14-16-25)12-11-22-7-3-1-4-8-22)29-28(27(33)30-34)17-19-31(20-18-28)21-24-9-5-2-6-10-24/h1-10,13-16,34H,17-21H2,(H,29,32)(H,30,33). The molecule has 6 heteroatoms. The molecule has 0 aliphatic carbocycles. The van der Waals surface area contributed by atoms with Crippen LogP contribution in [-0.4, -0.2) is 40.5 Å². The van der Waals surface area contributed by atoms with E-state index >= 15 is 0 Å². The molecule has 4 rings (SSSR count). The fourth-order valence-corrected chi connectivity index (χ4v) is 4.11. The van der Waals surface area contributed by atoms with Crippen molar-refractivity contribution in [1.82, 2.24) is 15.7 Å². The highest BCUT2D eigenvalue weighted by atomic mass is 16.5. The third-order valence-corrected chi connectivity index (χ3v) is 6.12. The lowest BCUT2D eigenvalue weighted by atomic mass is 9.86. The van der Waals surface area contributed by atoms with Crippen LogP contribution in [0.1, 0.15) is 39.9 Å². The summed E-state index contributed by atoms with van der Waals surface area (Å²) in [6.45, 7) is 2.02. The van der Waals surface area contributed by atoms with Crippen molar-refractivity contribution in [3.8, 4) is 11.8 Å². The molecule has 2 amide bonds.